The quantitative estimate of drug-likeness (QED) is 0.911. The molecule has 1 aliphatic heterocycles. The summed E-state index contributed by atoms with van der Waals surface area (Å²) in [5, 5.41) is 4.89. The smallest absolute Gasteiger partial charge is 0.282 e. The van der Waals surface area contributed by atoms with Gasteiger partial charge in [0.1, 0.15) is 6.54 Å². The SMILES string of the molecule is CC(NC(=O)CN1CCSC1=O)c1cccs1. The molecule has 1 atom stereocenters. The molecule has 0 saturated carbocycles. The summed E-state index contributed by atoms with van der Waals surface area (Å²) in [7, 11) is 0. The maximum atomic E-state index is 11.7. The molecule has 0 spiro atoms. The third-order valence-corrected chi connectivity index (χ3v) is 4.47. The van der Waals surface area contributed by atoms with Crippen molar-refractivity contribution in [2.45, 2.75) is 13.0 Å². The van der Waals surface area contributed by atoms with Crippen LogP contribution in [0.2, 0.25) is 0 Å². The van der Waals surface area contributed by atoms with Crippen molar-refractivity contribution in [3.63, 3.8) is 0 Å². The van der Waals surface area contributed by atoms with Gasteiger partial charge in [-0.05, 0) is 18.4 Å². The first kappa shape index (κ1) is 12.4. The van der Waals surface area contributed by atoms with E-state index in [0.717, 1.165) is 10.6 Å². The maximum absolute atomic E-state index is 11.7. The van der Waals surface area contributed by atoms with Crippen LogP contribution in [0.15, 0.2) is 17.5 Å². The zero-order chi connectivity index (χ0) is 12.3. The Bertz CT molecular complexity index is 406. The lowest BCUT2D eigenvalue weighted by atomic mass is 10.3. The van der Waals surface area contributed by atoms with Crippen LogP contribution in [0, 0.1) is 0 Å². The van der Waals surface area contributed by atoms with E-state index < -0.39 is 0 Å². The second-order valence-corrected chi connectivity index (χ2v) is 5.87. The van der Waals surface area contributed by atoms with Crippen LogP contribution in [0.25, 0.3) is 0 Å². The van der Waals surface area contributed by atoms with Crippen molar-refractivity contribution in [1.29, 1.82) is 0 Å². The van der Waals surface area contributed by atoms with Gasteiger partial charge in [0.15, 0.2) is 0 Å². The van der Waals surface area contributed by atoms with Crippen LogP contribution in [0.1, 0.15) is 17.8 Å². The highest BCUT2D eigenvalue weighted by atomic mass is 32.2. The summed E-state index contributed by atoms with van der Waals surface area (Å²) in [6, 6.07) is 3.96. The number of rotatable bonds is 4. The average Bonchev–Trinajstić information content (AvgIpc) is 2.90. The van der Waals surface area contributed by atoms with E-state index in [9.17, 15) is 9.59 Å². The predicted octanol–water partition coefficient (Wildman–Crippen LogP) is 2.09. The molecule has 0 aromatic carbocycles. The van der Waals surface area contributed by atoms with Gasteiger partial charge < -0.3 is 10.2 Å². The van der Waals surface area contributed by atoms with Gasteiger partial charge in [-0.1, -0.05) is 17.8 Å². The van der Waals surface area contributed by atoms with Gasteiger partial charge in [-0.15, -0.1) is 11.3 Å². The highest BCUT2D eigenvalue weighted by Gasteiger charge is 2.23. The van der Waals surface area contributed by atoms with E-state index in [-0.39, 0.29) is 23.7 Å². The molecule has 1 unspecified atom stereocenters. The second kappa shape index (κ2) is 5.55. The molecular formula is C11H14N2O2S2. The number of hydrogen-bond donors (Lipinski definition) is 1. The van der Waals surface area contributed by atoms with Gasteiger partial charge in [0.05, 0.1) is 6.04 Å². The van der Waals surface area contributed by atoms with Crippen molar-refractivity contribution in [1.82, 2.24) is 10.2 Å². The Kier molecular flexibility index (Phi) is 4.06. The lowest BCUT2D eigenvalue weighted by Crippen LogP contribution is -2.38. The topological polar surface area (TPSA) is 49.4 Å². The number of nitrogens with zero attached hydrogens (tertiary/aromatic N) is 1. The summed E-state index contributed by atoms with van der Waals surface area (Å²) < 4.78 is 0. The van der Waals surface area contributed by atoms with Crippen LogP contribution in [0.4, 0.5) is 4.79 Å². The third kappa shape index (κ3) is 3.23. The standard InChI is InChI=1S/C11H14N2O2S2/c1-8(9-3-2-5-16-9)12-10(14)7-13-4-6-17-11(13)15/h2-3,5,8H,4,6-7H2,1H3,(H,12,14). The molecule has 1 saturated heterocycles. The molecule has 17 heavy (non-hydrogen) atoms. The minimum Gasteiger partial charge on any atom is -0.347 e. The highest BCUT2D eigenvalue weighted by Crippen LogP contribution is 2.19. The van der Waals surface area contributed by atoms with Gasteiger partial charge in [-0.2, -0.15) is 0 Å². The van der Waals surface area contributed by atoms with E-state index in [4.69, 9.17) is 0 Å². The molecule has 92 valence electrons. The Labute approximate surface area is 108 Å². The molecule has 0 radical (unpaired) electrons. The number of thiophene rings is 1. The Morgan fingerprint density at radius 3 is 3.06 bits per heavy atom. The minimum atomic E-state index is -0.0956. The van der Waals surface area contributed by atoms with E-state index in [2.05, 4.69) is 5.32 Å². The first-order valence-electron chi connectivity index (χ1n) is 5.41. The van der Waals surface area contributed by atoms with Crippen LogP contribution >= 0.6 is 23.1 Å². The number of carbonyl (C=O) groups is 2. The Morgan fingerprint density at radius 2 is 2.47 bits per heavy atom. The molecule has 4 nitrogen and oxygen atoms in total. The van der Waals surface area contributed by atoms with E-state index in [1.807, 2.05) is 24.4 Å². The van der Waals surface area contributed by atoms with Gasteiger partial charge in [0.25, 0.3) is 5.24 Å². The summed E-state index contributed by atoms with van der Waals surface area (Å²) in [6.45, 7) is 2.79. The fourth-order valence-corrected chi connectivity index (χ4v) is 3.20. The molecule has 2 heterocycles. The molecule has 2 amide bonds. The molecule has 2 rings (SSSR count). The summed E-state index contributed by atoms with van der Waals surface area (Å²) in [5.74, 6) is 0.689. The molecule has 1 aromatic rings. The summed E-state index contributed by atoms with van der Waals surface area (Å²) in [5.41, 5.74) is 0. The molecule has 1 aliphatic rings. The molecule has 6 heteroatoms. The third-order valence-electron chi connectivity index (χ3n) is 2.53. The second-order valence-electron chi connectivity index (χ2n) is 3.84. The van der Waals surface area contributed by atoms with Crippen LogP contribution in [-0.4, -0.2) is 34.9 Å². The molecule has 1 fully saturated rings. The largest absolute Gasteiger partial charge is 0.347 e. The number of hydrogen-bond acceptors (Lipinski definition) is 4. The Balaban J connectivity index is 1.83. The normalized spacial score (nSPS) is 17.2. The van der Waals surface area contributed by atoms with Crippen molar-refractivity contribution in [3.8, 4) is 0 Å². The number of amides is 2. The molecule has 0 bridgehead atoms. The van der Waals surface area contributed by atoms with Crippen molar-refractivity contribution in [2.75, 3.05) is 18.8 Å². The number of nitrogens with one attached hydrogen (secondary N) is 1. The monoisotopic (exact) mass is 270 g/mol. The van der Waals surface area contributed by atoms with Gasteiger partial charge in [0.2, 0.25) is 5.91 Å². The highest BCUT2D eigenvalue weighted by molar-refractivity contribution is 8.13. The average molecular weight is 270 g/mol. The van der Waals surface area contributed by atoms with E-state index in [1.54, 1.807) is 16.2 Å². The van der Waals surface area contributed by atoms with Crippen molar-refractivity contribution >= 4 is 34.2 Å². The fraction of sp³-hybridized carbons (Fsp3) is 0.455. The van der Waals surface area contributed by atoms with Gasteiger partial charge in [-0.25, -0.2) is 0 Å². The van der Waals surface area contributed by atoms with Crippen LogP contribution in [0.3, 0.4) is 0 Å². The molecule has 0 aliphatic carbocycles. The Hall–Kier alpha value is -1.01. The lowest BCUT2D eigenvalue weighted by Gasteiger charge is -2.17. The van der Waals surface area contributed by atoms with Crippen LogP contribution in [0.5, 0.6) is 0 Å². The van der Waals surface area contributed by atoms with Crippen LogP contribution < -0.4 is 5.32 Å². The number of thioether (sulfide) groups is 1. The summed E-state index contributed by atoms with van der Waals surface area (Å²) in [4.78, 5) is 25.8. The summed E-state index contributed by atoms with van der Waals surface area (Å²) >= 11 is 2.89. The minimum absolute atomic E-state index is 0.00364. The van der Waals surface area contributed by atoms with Crippen LogP contribution in [-0.2, 0) is 4.79 Å². The van der Waals surface area contributed by atoms with Gasteiger partial charge in [-0.3, -0.25) is 9.59 Å². The number of carbonyl (C=O) groups excluding carboxylic acids is 2. The van der Waals surface area contributed by atoms with Crippen molar-refractivity contribution < 1.29 is 9.59 Å². The van der Waals surface area contributed by atoms with E-state index in [1.165, 1.54) is 11.8 Å². The van der Waals surface area contributed by atoms with E-state index in [0.29, 0.717) is 6.54 Å². The van der Waals surface area contributed by atoms with Crippen molar-refractivity contribution in [2.24, 2.45) is 0 Å². The van der Waals surface area contributed by atoms with Gasteiger partial charge >= 0.3 is 0 Å². The van der Waals surface area contributed by atoms with Gasteiger partial charge in [0, 0.05) is 17.2 Å². The molecular weight excluding hydrogens is 256 g/mol. The molecule has 1 aromatic heterocycles. The molecule has 1 N–H and O–H groups in total. The Morgan fingerprint density at radius 1 is 1.65 bits per heavy atom. The lowest BCUT2D eigenvalue weighted by molar-refractivity contribution is -0.122. The van der Waals surface area contributed by atoms with Crippen molar-refractivity contribution in [3.05, 3.63) is 22.4 Å². The summed E-state index contributed by atoms with van der Waals surface area (Å²) in [6.07, 6.45) is 0. The fourth-order valence-electron chi connectivity index (χ4n) is 1.64. The first-order chi connectivity index (χ1) is 8.16. The predicted molar refractivity (Wildman–Crippen MR) is 70.3 cm³/mol. The van der Waals surface area contributed by atoms with E-state index >= 15 is 0 Å². The first-order valence-corrected chi connectivity index (χ1v) is 7.28. The zero-order valence-electron chi connectivity index (χ0n) is 9.51. The zero-order valence-corrected chi connectivity index (χ0v) is 11.1. The maximum Gasteiger partial charge on any atom is 0.282 e.